The van der Waals surface area contributed by atoms with Crippen LogP contribution in [-0.2, 0) is 38.4 Å². The highest BCUT2D eigenvalue weighted by molar-refractivity contribution is 5.94. The Kier molecular flexibility index (Phi) is 10.1. The lowest BCUT2D eigenvalue weighted by molar-refractivity contribution is -0.142. The molecule has 14 nitrogen and oxygen atoms in total. The number of carbonyl (C=O) groups is 4. The van der Waals surface area contributed by atoms with Gasteiger partial charge < -0.3 is 47.0 Å². The Morgan fingerprint density at radius 1 is 0.837 bits per heavy atom. The number of hydrogen-bond acceptors (Lipinski definition) is 8. The van der Waals surface area contributed by atoms with Gasteiger partial charge in [-0.1, -0.05) is 30.3 Å². The number of hydrogen-bond donors (Lipinski definition) is 9. The molecule has 0 aliphatic rings. The Balaban J connectivity index is 1.46. The van der Waals surface area contributed by atoms with Crippen LogP contribution in [0.4, 0.5) is 0 Å². The number of carboxylic acid groups (broad SMARTS) is 1. The van der Waals surface area contributed by atoms with E-state index in [-0.39, 0.29) is 25.0 Å². The van der Waals surface area contributed by atoms with Crippen LogP contribution in [-0.4, -0.2) is 84.7 Å². The SMILES string of the molecule is NC(Cc1c[nH]c2ccccc12)C(=O)NC(Cc1ccc(O)cc1)C(=O)NC(CO)C(=O)NC(Cc1cnc[nH]1)C(=O)O. The fourth-order valence-electron chi connectivity index (χ4n) is 4.54. The van der Waals surface area contributed by atoms with E-state index in [0.717, 1.165) is 16.5 Å². The lowest BCUT2D eigenvalue weighted by Gasteiger charge is -2.24. The van der Waals surface area contributed by atoms with E-state index in [1.807, 2.05) is 24.3 Å². The number of fused-ring (bicyclic) bond motifs is 1. The van der Waals surface area contributed by atoms with E-state index in [1.54, 1.807) is 18.3 Å². The summed E-state index contributed by atoms with van der Waals surface area (Å²) in [6.45, 7) is -0.839. The van der Waals surface area contributed by atoms with E-state index in [1.165, 1.54) is 24.7 Å². The number of carboxylic acids is 1. The molecule has 0 bridgehead atoms. The van der Waals surface area contributed by atoms with Gasteiger partial charge in [0.1, 0.15) is 23.9 Å². The fraction of sp³-hybridized carbons (Fsp3) is 0.276. The molecule has 4 atom stereocenters. The molecular weight excluding hydrogens is 558 g/mol. The summed E-state index contributed by atoms with van der Waals surface area (Å²) in [5.41, 5.74) is 8.96. The van der Waals surface area contributed by atoms with Gasteiger partial charge in [-0.15, -0.1) is 0 Å². The number of aliphatic carboxylic acids is 1. The topological polar surface area (TPSA) is 236 Å². The Morgan fingerprint density at radius 3 is 2.19 bits per heavy atom. The van der Waals surface area contributed by atoms with Gasteiger partial charge in [0.15, 0.2) is 0 Å². The van der Waals surface area contributed by atoms with E-state index in [4.69, 9.17) is 5.73 Å². The van der Waals surface area contributed by atoms with E-state index in [2.05, 4.69) is 30.9 Å². The monoisotopic (exact) mass is 591 g/mol. The van der Waals surface area contributed by atoms with Gasteiger partial charge >= 0.3 is 5.97 Å². The third-order valence-corrected chi connectivity index (χ3v) is 6.87. The molecule has 226 valence electrons. The number of aromatic hydroxyl groups is 1. The molecular formula is C29H33N7O7. The van der Waals surface area contributed by atoms with Crippen molar-refractivity contribution < 1.29 is 34.5 Å². The first kappa shape index (κ1) is 30.7. The summed E-state index contributed by atoms with van der Waals surface area (Å²) in [6.07, 6.45) is 4.57. The van der Waals surface area contributed by atoms with Crippen LogP contribution < -0.4 is 21.7 Å². The molecule has 0 aliphatic heterocycles. The Hall–Kier alpha value is -5.21. The van der Waals surface area contributed by atoms with Gasteiger partial charge in [-0.05, 0) is 35.7 Å². The van der Waals surface area contributed by atoms with E-state index in [9.17, 15) is 34.5 Å². The number of amides is 3. The predicted molar refractivity (Wildman–Crippen MR) is 155 cm³/mol. The minimum absolute atomic E-state index is 0.00895. The normalized spacial score (nSPS) is 13.9. The molecule has 2 heterocycles. The molecule has 0 saturated carbocycles. The molecule has 14 heteroatoms. The molecule has 4 rings (SSSR count). The summed E-state index contributed by atoms with van der Waals surface area (Å²) in [4.78, 5) is 60.8. The first-order chi connectivity index (χ1) is 20.6. The molecule has 2 aromatic carbocycles. The van der Waals surface area contributed by atoms with Crippen molar-refractivity contribution in [1.82, 2.24) is 30.9 Å². The maximum absolute atomic E-state index is 13.4. The first-order valence-electron chi connectivity index (χ1n) is 13.4. The van der Waals surface area contributed by atoms with Crippen molar-refractivity contribution in [1.29, 1.82) is 0 Å². The highest BCUT2D eigenvalue weighted by Crippen LogP contribution is 2.19. The minimum Gasteiger partial charge on any atom is -0.508 e. The van der Waals surface area contributed by atoms with Crippen LogP contribution in [0.5, 0.6) is 5.75 Å². The first-order valence-corrected chi connectivity index (χ1v) is 13.4. The number of H-pyrrole nitrogens is 2. The number of aromatic nitrogens is 3. The molecule has 10 N–H and O–H groups in total. The molecule has 4 unspecified atom stereocenters. The second-order valence-corrected chi connectivity index (χ2v) is 10.0. The zero-order chi connectivity index (χ0) is 30.9. The van der Waals surface area contributed by atoms with Gasteiger partial charge in [-0.25, -0.2) is 9.78 Å². The predicted octanol–water partition coefficient (Wildman–Crippen LogP) is -0.517. The van der Waals surface area contributed by atoms with E-state index in [0.29, 0.717) is 11.3 Å². The molecule has 0 spiro atoms. The average molecular weight is 592 g/mol. The number of carbonyl (C=O) groups excluding carboxylic acids is 3. The maximum atomic E-state index is 13.4. The van der Waals surface area contributed by atoms with Crippen molar-refractivity contribution in [2.24, 2.45) is 5.73 Å². The largest absolute Gasteiger partial charge is 0.508 e. The van der Waals surface area contributed by atoms with Crippen LogP contribution in [0.1, 0.15) is 16.8 Å². The lowest BCUT2D eigenvalue weighted by atomic mass is 10.0. The second kappa shape index (κ2) is 14.1. The third kappa shape index (κ3) is 8.18. The quantitative estimate of drug-likeness (QED) is 0.0916. The molecule has 0 aliphatic carbocycles. The van der Waals surface area contributed by atoms with E-state index >= 15 is 0 Å². The molecule has 0 radical (unpaired) electrons. The van der Waals surface area contributed by atoms with Crippen molar-refractivity contribution >= 4 is 34.6 Å². The molecule has 0 saturated heterocycles. The number of phenolic OH excluding ortho intramolecular Hbond substituents is 1. The number of imidazole rings is 1. The van der Waals surface area contributed by atoms with Crippen molar-refractivity contribution in [3.05, 3.63) is 84.1 Å². The number of aliphatic hydroxyl groups excluding tert-OH is 1. The van der Waals surface area contributed by atoms with Gasteiger partial charge in [-0.2, -0.15) is 0 Å². The highest BCUT2D eigenvalue weighted by Gasteiger charge is 2.30. The van der Waals surface area contributed by atoms with Crippen molar-refractivity contribution in [2.75, 3.05) is 6.61 Å². The van der Waals surface area contributed by atoms with Gasteiger partial charge in [0, 0.05) is 41.8 Å². The van der Waals surface area contributed by atoms with Crippen molar-refractivity contribution in [2.45, 2.75) is 43.4 Å². The summed E-state index contributed by atoms with van der Waals surface area (Å²) >= 11 is 0. The number of nitrogens with one attached hydrogen (secondary N) is 5. The van der Waals surface area contributed by atoms with Gasteiger partial charge in [0.2, 0.25) is 17.7 Å². The van der Waals surface area contributed by atoms with E-state index < -0.39 is 54.5 Å². The smallest absolute Gasteiger partial charge is 0.326 e. The Bertz CT molecular complexity index is 1550. The maximum Gasteiger partial charge on any atom is 0.326 e. The summed E-state index contributed by atoms with van der Waals surface area (Å²) < 4.78 is 0. The Labute approximate surface area is 245 Å². The number of nitrogens with two attached hydrogens (primary N) is 1. The number of benzene rings is 2. The number of aliphatic hydroxyl groups is 1. The molecule has 4 aromatic rings. The van der Waals surface area contributed by atoms with Gasteiger partial charge in [0.05, 0.1) is 19.0 Å². The summed E-state index contributed by atoms with van der Waals surface area (Å²) in [5, 5.41) is 37.3. The van der Waals surface area contributed by atoms with Crippen molar-refractivity contribution in [3.8, 4) is 5.75 Å². The number of aromatic amines is 2. The summed E-state index contributed by atoms with van der Waals surface area (Å²) in [7, 11) is 0. The third-order valence-electron chi connectivity index (χ3n) is 6.87. The van der Waals surface area contributed by atoms with Crippen LogP contribution in [0.15, 0.2) is 67.3 Å². The summed E-state index contributed by atoms with van der Waals surface area (Å²) in [5.74, 6) is -3.69. The minimum atomic E-state index is -1.52. The molecule has 43 heavy (non-hydrogen) atoms. The highest BCUT2D eigenvalue weighted by atomic mass is 16.4. The van der Waals surface area contributed by atoms with Crippen LogP contribution in [0, 0.1) is 0 Å². The number of para-hydroxylation sites is 1. The number of nitrogens with zero attached hydrogens (tertiary/aromatic N) is 1. The zero-order valence-corrected chi connectivity index (χ0v) is 23.0. The average Bonchev–Trinajstić information content (AvgIpc) is 3.66. The van der Waals surface area contributed by atoms with Gasteiger partial charge in [0.25, 0.3) is 0 Å². The van der Waals surface area contributed by atoms with Crippen molar-refractivity contribution in [3.63, 3.8) is 0 Å². The summed E-state index contributed by atoms with van der Waals surface area (Å²) in [6, 6.07) is 8.38. The zero-order valence-electron chi connectivity index (χ0n) is 23.0. The number of phenols is 1. The molecule has 0 fully saturated rings. The van der Waals surface area contributed by atoms with Crippen LogP contribution in [0.25, 0.3) is 10.9 Å². The van der Waals surface area contributed by atoms with Crippen LogP contribution in [0.3, 0.4) is 0 Å². The fourth-order valence-corrected chi connectivity index (χ4v) is 4.54. The lowest BCUT2D eigenvalue weighted by Crippen LogP contribution is -2.58. The van der Waals surface area contributed by atoms with Crippen LogP contribution in [0.2, 0.25) is 0 Å². The number of rotatable bonds is 14. The Morgan fingerprint density at radius 2 is 1.51 bits per heavy atom. The standard InChI is InChI=1S/C29H33N7O7/c30-21(10-17-12-32-22-4-2-1-3-20(17)22)26(39)34-23(9-16-5-7-19(38)8-6-16)27(40)36-25(14-37)28(41)35-24(29(42)43)11-18-13-31-15-33-18/h1-8,12-13,15,21,23-25,32,37-38H,9-11,14,30H2,(H,31,33)(H,34,39)(H,35,41)(H,36,40)(H,42,43). The van der Waals surface area contributed by atoms with Gasteiger partial charge in [-0.3, -0.25) is 14.4 Å². The molecule has 2 aromatic heterocycles. The second-order valence-electron chi connectivity index (χ2n) is 10.0. The van der Waals surface area contributed by atoms with Crippen LogP contribution >= 0.6 is 0 Å². The molecule has 3 amide bonds.